The van der Waals surface area contributed by atoms with Gasteiger partial charge in [0, 0.05) is 30.1 Å². The molecular formula is C20H19F2N3O3S. The van der Waals surface area contributed by atoms with Crippen LogP contribution in [0.1, 0.15) is 17.2 Å². The van der Waals surface area contributed by atoms with E-state index in [2.05, 4.69) is 9.71 Å². The zero-order valence-electron chi connectivity index (χ0n) is 15.5. The number of benzene rings is 2. The number of aromatic nitrogens is 1. The van der Waals surface area contributed by atoms with Crippen LogP contribution in [0, 0.1) is 11.6 Å². The fraction of sp³-hybridized carbons (Fsp3) is 0.150. The molecule has 29 heavy (non-hydrogen) atoms. The van der Waals surface area contributed by atoms with Crippen molar-refractivity contribution < 1.29 is 21.9 Å². The highest BCUT2D eigenvalue weighted by molar-refractivity contribution is 7.92. The number of anilines is 1. The van der Waals surface area contributed by atoms with Crippen LogP contribution in [0.5, 0.6) is 11.5 Å². The van der Waals surface area contributed by atoms with Gasteiger partial charge in [-0.2, -0.15) is 0 Å². The molecule has 1 unspecified atom stereocenters. The summed E-state index contributed by atoms with van der Waals surface area (Å²) in [7, 11) is -3.51. The number of nitrogens with two attached hydrogens (primary N) is 1. The van der Waals surface area contributed by atoms with Gasteiger partial charge in [0.15, 0.2) is 17.4 Å². The van der Waals surface area contributed by atoms with Crippen molar-refractivity contribution in [3.63, 3.8) is 0 Å². The third-order valence-electron chi connectivity index (χ3n) is 4.04. The first-order valence-electron chi connectivity index (χ1n) is 8.61. The second kappa shape index (κ2) is 8.54. The molecule has 0 saturated carbocycles. The molecule has 2 aromatic carbocycles. The molecule has 9 heteroatoms. The molecule has 1 heterocycles. The van der Waals surface area contributed by atoms with Gasteiger partial charge in [0.2, 0.25) is 10.0 Å². The molecule has 0 aliphatic carbocycles. The summed E-state index contributed by atoms with van der Waals surface area (Å²) in [5.41, 5.74) is 7.28. The average Bonchev–Trinajstić information content (AvgIpc) is 2.65. The van der Waals surface area contributed by atoms with Crippen molar-refractivity contribution in [3.05, 3.63) is 83.7 Å². The van der Waals surface area contributed by atoms with Gasteiger partial charge in [-0.3, -0.25) is 9.71 Å². The average molecular weight is 419 g/mol. The maximum atomic E-state index is 15.0. The summed E-state index contributed by atoms with van der Waals surface area (Å²) < 4.78 is 59.6. The van der Waals surface area contributed by atoms with Crippen LogP contribution in [-0.4, -0.2) is 19.7 Å². The summed E-state index contributed by atoms with van der Waals surface area (Å²) >= 11 is 0. The summed E-state index contributed by atoms with van der Waals surface area (Å²) in [5, 5.41) is 0. The molecule has 0 bridgehead atoms. The lowest BCUT2D eigenvalue weighted by Crippen LogP contribution is -2.16. The Labute approximate surface area is 167 Å². The van der Waals surface area contributed by atoms with E-state index in [0.717, 1.165) is 17.9 Å². The molecule has 0 spiro atoms. The summed E-state index contributed by atoms with van der Waals surface area (Å²) in [6, 6.07) is 10.9. The molecule has 3 aromatic rings. The number of nitrogens with zero attached hydrogens (tertiary/aromatic N) is 1. The monoisotopic (exact) mass is 419 g/mol. The largest absolute Gasteiger partial charge is 0.451 e. The van der Waals surface area contributed by atoms with E-state index < -0.39 is 33.4 Å². The van der Waals surface area contributed by atoms with E-state index in [-0.39, 0.29) is 17.0 Å². The quantitative estimate of drug-likeness (QED) is 0.608. The lowest BCUT2D eigenvalue weighted by atomic mass is 9.99. The Bertz CT molecular complexity index is 1110. The van der Waals surface area contributed by atoms with Crippen molar-refractivity contribution in [2.24, 2.45) is 5.73 Å². The normalized spacial score (nSPS) is 12.4. The van der Waals surface area contributed by atoms with E-state index >= 15 is 0 Å². The Kier molecular flexibility index (Phi) is 6.09. The van der Waals surface area contributed by atoms with Gasteiger partial charge in [0.05, 0.1) is 11.9 Å². The molecular weight excluding hydrogens is 400 g/mol. The summed E-state index contributed by atoms with van der Waals surface area (Å²) in [4.78, 5) is 3.92. The van der Waals surface area contributed by atoms with E-state index in [1.807, 2.05) is 0 Å². The Morgan fingerprint density at radius 1 is 1.14 bits per heavy atom. The summed E-state index contributed by atoms with van der Waals surface area (Å²) in [6.45, 7) is 0. The minimum Gasteiger partial charge on any atom is -0.451 e. The molecule has 0 saturated heterocycles. The number of halogens is 2. The molecule has 0 amide bonds. The maximum absolute atomic E-state index is 15.0. The van der Waals surface area contributed by atoms with E-state index in [9.17, 15) is 17.2 Å². The zero-order valence-corrected chi connectivity index (χ0v) is 16.3. The van der Waals surface area contributed by atoms with E-state index in [0.29, 0.717) is 6.42 Å². The van der Waals surface area contributed by atoms with Crippen LogP contribution in [0.2, 0.25) is 0 Å². The van der Waals surface area contributed by atoms with Crippen molar-refractivity contribution in [2.45, 2.75) is 12.5 Å². The lowest BCUT2D eigenvalue weighted by molar-refractivity contribution is 0.401. The number of pyridine rings is 1. The van der Waals surface area contributed by atoms with E-state index in [4.69, 9.17) is 10.5 Å². The van der Waals surface area contributed by atoms with Gasteiger partial charge in [-0.05, 0) is 42.3 Å². The van der Waals surface area contributed by atoms with Gasteiger partial charge in [-0.1, -0.05) is 12.1 Å². The number of ether oxygens (including phenoxy) is 1. The SMILES string of the molecule is CS(=O)(=O)Nc1cccc(Oc2c(F)ccc(C(N)Cc3ccncc3)c2F)c1. The van der Waals surface area contributed by atoms with E-state index in [1.165, 1.54) is 30.3 Å². The molecule has 152 valence electrons. The molecule has 3 N–H and O–H groups in total. The standard InChI is InChI=1S/C20H19F2N3O3S/c1-29(26,27)25-14-3-2-4-15(12-14)28-20-17(21)6-5-16(19(20)22)18(23)11-13-7-9-24-10-8-13/h2-10,12,18,25H,11,23H2,1H3. The molecule has 6 nitrogen and oxygen atoms in total. The van der Waals surface area contributed by atoms with Gasteiger partial charge < -0.3 is 10.5 Å². The fourth-order valence-electron chi connectivity index (χ4n) is 2.77. The molecule has 1 aromatic heterocycles. The zero-order chi connectivity index (χ0) is 21.0. The molecule has 0 aliphatic heterocycles. The number of nitrogens with one attached hydrogen (secondary N) is 1. The van der Waals surface area contributed by atoms with Crippen molar-refractivity contribution in [1.29, 1.82) is 0 Å². The Morgan fingerprint density at radius 2 is 1.86 bits per heavy atom. The number of sulfonamides is 1. The number of rotatable bonds is 7. The Hall–Kier alpha value is -3.04. The van der Waals surface area contributed by atoms with Gasteiger partial charge >= 0.3 is 0 Å². The van der Waals surface area contributed by atoms with Crippen LogP contribution in [0.4, 0.5) is 14.5 Å². The third kappa shape index (κ3) is 5.49. The molecule has 0 radical (unpaired) electrons. The minimum absolute atomic E-state index is 0.0660. The molecule has 3 rings (SSSR count). The highest BCUT2D eigenvalue weighted by atomic mass is 32.2. The van der Waals surface area contributed by atoms with Crippen molar-refractivity contribution in [1.82, 2.24) is 4.98 Å². The first kappa shape index (κ1) is 20.7. The number of hydrogen-bond donors (Lipinski definition) is 2. The van der Waals surface area contributed by atoms with Crippen LogP contribution < -0.4 is 15.2 Å². The minimum atomic E-state index is -3.51. The van der Waals surface area contributed by atoms with Crippen LogP contribution in [0.25, 0.3) is 0 Å². The molecule has 1 atom stereocenters. The Morgan fingerprint density at radius 3 is 2.55 bits per heavy atom. The molecule has 0 fully saturated rings. The topological polar surface area (TPSA) is 94.3 Å². The fourth-order valence-corrected chi connectivity index (χ4v) is 3.32. The Balaban J connectivity index is 1.87. The van der Waals surface area contributed by atoms with Crippen LogP contribution in [0.15, 0.2) is 60.9 Å². The van der Waals surface area contributed by atoms with Crippen LogP contribution in [-0.2, 0) is 16.4 Å². The number of hydrogen-bond acceptors (Lipinski definition) is 5. The smallest absolute Gasteiger partial charge is 0.229 e. The van der Waals surface area contributed by atoms with Gasteiger partial charge in [-0.25, -0.2) is 17.2 Å². The first-order chi connectivity index (χ1) is 13.7. The van der Waals surface area contributed by atoms with Crippen LogP contribution >= 0.6 is 0 Å². The van der Waals surface area contributed by atoms with Crippen LogP contribution in [0.3, 0.4) is 0 Å². The second-order valence-corrected chi connectivity index (χ2v) is 8.20. The maximum Gasteiger partial charge on any atom is 0.229 e. The highest BCUT2D eigenvalue weighted by Gasteiger charge is 2.20. The van der Waals surface area contributed by atoms with Gasteiger partial charge in [0.1, 0.15) is 5.75 Å². The summed E-state index contributed by atoms with van der Waals surface area (Å²) in [5.74, 6) is -2.35. The molecule has 0 aliphatic rings. The van der Waals surface area contributed by atoms with Crippen molar-refractivity contribution >= 4 is 15.7 Å². The highest BCUT2D eigenvalue weighted by Crippen LogP contribution is 2.33. The van der Waals surface area contributed by atoms with E-state index in [1.54, 1.807) is 24.5 Å². The van der Waals surface area contributed by atoms with Gasteiger partial charge in [-0.15, -0.1) is 0 Å². The third-order valence-corrected chi connectivity index (χ3v) is 4.65. The first-order valence-corrected chi connectivity index (χ1v) is 10.5. The second-order valence-electron chi connectivity index (χ2n) is 6.45. The van der Waals surface area contributed by atoms with Crippen molar-refractivity contribution in [2.75, 3.05) is 11.0 Å². The summed E-state index contributed by atoms with van der Waals surface area (Å²) in [6.07, 6.45) is 4.54. The predicted molar refractivity (Wildman–Crippen MR) is 106 cm³/mol. The lowest BCUT2D eigenvalue weighted by Gasteiger charge is -2.16. The predicted octanol–water partition coefficient (Wildman–Crippen LogP) is 3.77. The van der Waals surface area contributed by atoms with Gasteiger partial charge in [0.25, 0.3) is 0 Å². The van der Waals surface area contributed by atoms with Crippen molar-refractivity contribution in [3.8, 4) is 11.5 Å².